The Morgan fingerprint density at radius 2 is 1.73 bits per heavy atom. The van der Waals surface area contributed by atoms with Gasteiger partial charge in [-0.1, -0.05) is 76.6 Å². The summed E-state index contributed by atoms with van der Waals surface area (Å²) in [4.78, 5) is 26.5. The Hall–Kier alpha value is -2.83. The van der Waals surface area contributed by atoms with Crippen LogP contribution < -0.4 is 4.74 Å². The number of halogens is 1. The number of allylic oxidation sites excluding steroid dienone is 2. The standard InChI is InChI=1S/C24H18BrNO3S/c25-19-13-11-17(12-14-19)5-3-10-22-23(27)26(24(28)30-22)15-16-29-21-9-4-7-18-6-1-2-8-20(18)21/h1-14H,15-16H2/b5-3+,22-10-. The number of rotatable bonds is 6. The molecule has 3 aromatic rings. The van der Waals surface area contributed by atoms with Gasteiger partial charge in [-0.15, -0.1) is 0 Å². The van der Waals surface area contributed by atoms with Crippen molar-refractivity contribution in [1.29, 1.82) is 0 Å². The van der Waals surface area contributed by atoms with E-state index in [1.165, 1.54) is 4.90 Å². The Morgan fingerprint density at radius 1 is 0.967 bits per heavy atom. The van der Waals surface area contributed by atoms with Crippen LogP contribution in [-0.2, 0) is 4.79 Å². The molecular weight excluding hydrogens is 462 g/mol. The maximum atomic E-state index is 12.6. The smallest absolute Gasteiger partial charge is 0.293 e. The molecule has 1 fully saturated rings. The Bertz CT molecular complexity index is 1150. The number of carbonyl (C=O) groups excluding carboxylic acids is 2. The highest BCUT2D eigenvalue weighted by molar-refractivity contribution is 9.10. The average Bonchev–Trinajstić information content (AvgIpc) is 3.03. The van der Waals surface area contributed by atoms with Crippen LogP contribution in [0.5, 0.6) is 5.75 Å². The molecule has 1 saturated heterocycles. The van der Waals surface area contributed by atoms with Crippen LogP contribution in [0.15, 0.2) is 88.3 Å². The summed E-state index contributed by atoms with van der Waals surface area (Å²) in [6.07, 6.45) is 5.36. The number of hydrogen-bond donors (Lipinski definition) is 0. The van der Waals surface area contributed by atoms with Gasteiger partial charge in [-0.05, 0) is 47.0 Å². The fraction of sp³-hybridized carbons (Fsp3) is 0.0833. The summed E-state index contributed by atoms with van der Waals surface area (Å²) < 4.78 is 6.88. The van der Waals surface area contributed by atoms with Gasteiger partial charge >= 0.3 is 0 Å². The summed E-state index contributed by atoms with van der Waals surface area (Å²) in [5.41, 5.74) is 1.01. The number of ether oxygens (including phenoxy) is 1. The van der Waals surface area contributed by atoms with Crippen molar-refractivity contribution in [2.24, 2.45) is 0 Å². The fourth-order valence-electron chi connectivity index (χ4n) is 3.10. The van der Waals surface area contributed by atoms with E-state index in [0.29, 0.717) is 4.91 Å². The van der Waals surface area contributed by atoms with E-state index in [0.717, 1.165) is 38.3 Å². The van der Waals surface area contributed by atoms with Gasteiger partial charge in [0.05, 0.1) is 11.4 Å². The third-order valence-electron chi connectivity index (χ3n) is 4.60. The number of amides is 2. The average molecular weight is 480 g/mol. The summed E-state index contributed by atoms with van der Waals surface area (Å²) >= 11 is 4.35. The van der Waals surface area contributed by atoms with Crippen molar-refractivity contribution >= 4 is 55.7 Å². The molecule has 0 aliphatic carbocycles. The Labute approximate surface area is 187 Å². The topological polar surface area (TPSA) is 46.6 Å². The van der Waals surface area contributed by atoms with E-state index in [1.54, 1.807) is 12.2 Å². The maximum absolute atomic E-state index is 12.6. The molecule has 3 aromatic carbocycles. The van der Waals surface area contributed by atoms with Gasteiger partial charge in [-0.3, -0.25) is 14.5 Å². The zero-order valence-corrected chi connectivity index (χ0v) is 18.4. The molecule has 1 heterocycles. The lowest BCUT2D eigenvalue weighted by molar-refractivity contribution is -0.123. The number of nitrogens with zero attached hydrogens (tertiary/aromatic N) is 1. The second-order valence-corrected chi connectivity index (χ2v) is 8.50. The summed E-state index contributed by atoms with van der Waals surface area (Å²) in [5, 5.41) is 1.82. The summed E-state index contributed by atoms with van der Waals surface area (Å²) in [7, 11) is 0. The van der Waals surface area contributed by atoms with Crippen molar-refractivity contribution in [2.75, 3.05) is 13.2 Å². The van der Waals surface area contributed by atoms with Crippen molar-refractivity contribution in [3.8, 4) is 5.75 Å². The first-order valence-corrected chi connectivity index (χ1v) is 11.0. The van der Waals surface area contributed by atoms with Crippen LogP contribution in [-0.4, -0.2) is 29.2 Å². The number of benzene rings is 3. The van der Waals surface area contributed by atoms with Crippen molar-refractivity contribution in [1.82, 2.24) is 4.90 Å². The molecule has 0 atom stereocenters. The van der Waals surface area contributed by atoms with E-state index in [2.05, 4.69) is 15.9 Å². The van der Waals surface area contributed by atoms with Crippen LogP contribution in [0.25, 0.3) is 16.8 Å². The lowest BCUT2D eigenvalue weighted by atomic mass is 10.1. The number of imide groups is 1. The van der Waals surface area contributed by atoms with E-state index in [-0.39, 0.29) is 24.3 Å². The zero-order chi connectivity index (χ0) is 20.9. The minimum Gasteiger partial charge on any atom is -0.491 e. The SMILES string of the molecule is O=C1S/C(=C\C=C\c2ccc(Br)cc2)C(=O)N1CCOc1cccc2ccccc12. The minimum absolute atomic E-state index is 0.210. The van der Waals surface area contributed by atoms with Crippen LogP contribution in [0.3, 0.4) is 0 Å². The van der Waals surface area contributed by atoms with Gasteiger partial charge in [0.15, 0.2) is 0 Å². The first kappa shape index (κ1) is 20.4. The van der Waals surface area contributed by atoms with E-state index in [4.69, 9.17) is 4.74 Å². The molecule has 0 radical (unpaired) electrons. The van der Waals surface area contributed by atoms with Gasteiger partial charge in [0, 0.05) is 9.86 Å². The highest BCUT2D eigenvalue weighted by Crippen LogP contribution is 2.31. The number of fused-ring (bicyclic) bond motifs is 1. The molecule has 0 N–H and O–H groups in total. The van der Waals surface area contributed by atoms with Gasteiger partial charge in [-0.25, -0.2) is 0 Å². The second kappa shape index (κ2) is 9.32. The largest absolute Gasteiger partial charge is 0.491 e. The van der Waals surface area contributed by atoms with Gasteiger partial charge < -0.3 is 4.74 Å². The van der Waals surface area contributed by atoms with E-state index >= 15 is 0 Å². The van der Waals surface area contributed by atoms with Crippen LogP contribution >= 0.6 is 27.7 Å². The first-order valence-electron chi connectivity index (χ1n) is 9.40. The molecule has 30 heavy (non-hydrogen) atoms. The van der Waals surface area contributed by atoms with Crippen LogP contribution in [0.1, 0.15) is 5.56 Å². The molecule has 4 nitrogen and oxygen atoms in total. The Kier molecular flexibility index (Phi) is 6.35. The molecular formula is C24H18BrNO3S. The summed E-state index contributed by atoms with van der Waals surface area (Å²) in [6.45, 7) is 0.454. The molecule has 1 aliphatic heterocycles. The molecule has 4 rings (SSSR count). The van der Waals surface area contributed by atoms with Gasteiger partial charge in [0.25, 0.3) is 11.1 Å². The fourth-order valence-corrected chi connectivity index (χ4v) is 4.18. The highest BCUT2D eigenvalue weighted by Gasteiger charge is 2.34. The summed E-state index contributed by atoms with van der Waals surface area (Å²) in [6, 6.07) is 21.6. The Morgan fingerprint density at radius 3 is 2.57 bits per heavy atom. The van der Waals surface area contributed by atoms with E-state index in [9.17, 15) is 9.59 Å². The predicted molar refractivity (Wildman–Crippen MR) is 125 cm³/mol. The number of hydrogen-bond acceptors (Lipinski definition) is 4. The first-order chi connectivity index (χ1) is 14.6. The summed E-state index contributed by atoms with van der Waals surface area (Å²) in [5.74, 6) is 0.458. The van der Waals surface area contributed by atoms with E-state index in [1.807, 2.05) is 72.8 Å². The predicted octanol–water partition coefficient (Wildman–Crippen LogP) is 6.27. The third-order valence-corrected chi connectivity index (χ3v) is 6.06. The van der Waals surface area contributed by atoms with Crippen molar-refractivity contribution < 1.29 is 14.3 Å². The molecule has 2 amide bonds. The third kappa shape index (κ3) is 4.66. The number of carbonyl (C=O) groups is 2. The molecule has 150 valence electrons. The van der Waals surface area contributed by atoms with Gasteiger partial charge in [-0.2, -0.15) is 0 Å². The lowest BCUT2D eigenvalue weighted by Crippen LogP contribution is -2.32. The highest BCUT2D eigenvalue weighted by atomic mass is 79.9. The zero-order valence-electron chi connectivity index (χ0n) is 16.0. The normalized spacial score (nSPS) is 15.6. The maximum Gasteiger partial charge on any atom is 0.293 e. The van der Waals surface area contributed by atoms with Crippen LogP contribution in [0, 0.1) is 0 Å². The quantitative estimate of drug-likeness (QED) is 0.390. The molecule has 0 aromatic heterocycles. The minimum atomic E-state index is -0.285. The van der Waals surface area contributed by atoms with Crippen LogP contribution in [0.4, 0.5) is 4.79 Å². The molecule has 1 aliphatic rings. The lowest BCUT2D eigenvalue weighted by Gasteiger charge is -2.14. The Balaban J connectivity index is 1.37. The van der Waals surface area contributed by atoms with Crippen LogP contribution in [0.2, 0.25) is 0 Å². The van der Waals surface area contributed by atoms with Crippen molar-refractivity contribution in [2.45, 2.75) is 0 Å². The molecule has 0 saturated carbocycles. The van der Waals surface area contributed by atoms with Crippen molar-refractivity contribution in [3.05, 3.63) is 93.8 Å². The molecule has 0 unspecified atom stereocenters. The van der Waals surface area contributed by atoms with Gasteiger partial charge in [0.1, 0.15) is 12.4 Å². The van der Waals surface area contributed by atoms with E-state index < -0.39 is 0 Å². The molecule has 6 heteroatoms. The number of thioether (sulfide) groups is 1. The molecule has 0 spiro atoms. The molecule has 0 bridgehead atoms. The van der Waals surface area contributed by atoms with Gasteiger partial charge in [0.2, 0.25) is 0 Å². The monoisotopic (exact) mass is 479 g/mol. The second-order valence-electron chi connectivity index (χ2n) is 6.59. The van der Waals surface area contributed by atoms with Crippen molar-refractivity contribution in [3.63, 3.8) is 0 Å².